The van der Waals surface area contributed by atoms with Gasteiger partial charge in [0.25, 0.3) is 5.91 Å². The number of aromatic nitrogens is 1. The monoisotopic (exact) mass is 392 g/mol. The quantitative estimate of drug-likeness (QED) is 0.379. The van der Waals surface area contributed by atoms with Gasteiger partial charge >= 0.3 is 11.7 Å². The van der Waals surface area contributed by atoms with Crippen LogP contribution >= 0.6 is 0 Å². The Kier molecular flexibility index (Phi) is 6.42. The van der Waals surface area contributed by atoms with Gasteiger partial charge in [-0.3, -0.25) is 4.79 Å². The van der Waals surface area contributed by atoms with Crippen molar-refractivity contribution in [3.63, 3.8) is 0 Å². The zero-order valence-electron chi connectivity index (χ0n) is 15.8. The van der Waals surface area contributed by atoms with E-state index < -0.39 is 24.5 Å². The lowest BCUT2D eigenvalue weighted by Crippen LogP contribution is -2.37. The highest BCUT2D eigenvalue weighted by atomic mass is 16.5. The first-order chi connectivity index (χ1) is 14.1. The third-order valence-corrected chi connectivity index (χ3v) is 4.25. The second-order valence-corrected chi connectivity index (χ2v) is 6.17. The van der Waals surface area contributed by atoms with Crippen molar-refractivity contribution in [1.82, 2.24) is 5.32 Å². The van der Waals surface area contributed by atoms with Gasteiger partial charge in [0.1, 0.15) is 5.75 Å². The van der Waals surface area contributed by atoms with Crippen LogP contribution in [0.15, 0.2) is 79.0 Å². The molecule has 0 saturated carbocycles. The Bertz CT molecular complexity index is 974. The third-order valence-electron chi connectivity index (χ3n) is 4.25. The van der Waals surface area contributed by atoms with Crippen LogP contribution < -0.4 is 14.8 Å². The van der Waals surface area contributed by atoms with Gasteiger partial charge in [-0.25, -0.2) is 4.79 Å². The maximum Gasteiger partial charge on any atom is 0.405 e. The molecule has 1 atom stereocenters. The number of ether oxygens (including phenoxy) is 2. The van der Waals surface area contributed by atoms with Crippen LogP contribution in [-0.2, 0) is 9.53 Å². The summed E-state index contributed by atoms with van der Waals surface area (Å²) in [5, 5.41) is 14.5. The predicted molar refractivity (Wildman–Crippen MR) is 105 cm³/mol. The lowest BCUT2D eigenvalue weighted by molar-refractivity contribution is -0.608. The molecule has 1 amide bonds. The number of carbonyl (C=O) groups is 2. The Hall–Kier alpha value is -3.87. The van der Waals surface area contributed by atoms with Crippen molar-refractivity contribution >= 4 is 11.9 Å². The molecule has 0 saturated heterocycles. The number of benzene rings is 2. The van der Waals surface area contributed by atoms with Crippen LogP contribution in [-0.4, -0.2) is 25.6 Å². The van der Waals surface area contributed by atoms with Crippen LogP contribution in [0.1, 0.15) is 27.7 Å². The first-order valence-corrected chi connectivity index (χ1v) is 8.92. The van der Waals surface area contributed by atoms with E-state index in [2.05, 4.69) is 5.32 Å². The highest BCUT2D eigenvalue weighted by molar-refractivity contribution is 5.88. The third kappa shape index (κ3) is 5.10. The summed E-state index contributed by atoms with van der Waals surface area (Å²) in [6, 6.07) is 20.7. The zero-order chi connectivity index (χ0) is 20.6. The average Bonchev–Trinajstić information content (AvgIpc) is 2.77. The molecule has 0 aliphatic rings. The van der Waals surface area contributed by atoms with Crippen molar-refractivity contribution < 1.29 is 23.8 Å². The highest BCUT2D eigenvalue weighted by Crippen LogP contribution is 2.24. The summed E-state index contributed by atoms with van der Waals surface area (Å²) in [7, 11) is 1.58. The summed E-state index contributed by atoms with van der Waals surface area (Å²) < 4.78 is 10.6. The van der Waals surface area contributed by atoms with Gasteiger partial charge in [-0.1, -0.05) is 42.5 Å². The number of esters is 1. The molecule has 29 heavy (non-hydrogen) atoms. The molecule has 3 rings (SSSR count). The molecule has 7 heteroatoms. The molecule has 0 aliphatic heterocycles. The fourth-order valence-corrected chi connectivity index (χ4v) is 2.79. The van der Waals surface area contributed by atoms with Gasteiger partial charge in [0, 0.05) is 12.1 Å². The summed E-state index contributed by atoms with van der Waals surface area (Å²) in [4.78, 5) is 24.5. The standard InChI is InChI=1S/C22H20N2O5/c1-28-18-12-10-17(11-13-18)21(16-7-3-2-4-8-16)23-20(25)15-29-22(26)19-9-5-6-14-24(19)27/h2-14,21H,15H2,1H3,(H,23,25)/t21-/m0/s1. The number of pyridine rings is 1. The Morgan fingerprint density at radius 2 is 1.62 bits per heavy atom. The van der Waals surface area contributed by atoms with Gasteiger partial charge in [-0.2, -0.15) is 4.73 Å². The number of hydrogen-bond donors (Lipinski definition) is 1. The largest absolute Gasteiger partial charge is 0.618 e. The summed E-state index contributed by atoms with van der Waals surface area (Å²) in [5.74, 6) is -0.651. The second-order valence-electron chi connectivity index (χ2n) is 6.17. The number of nitrogens with one attached hydrogen (secondary N) is 1. The Labute approximate surface area is 168 Å². The van der Waals surface area contributed by atoms with E-state index in [1.165, 1.54) is 18.3 Å². The van der Waals surface area contributed by atoms with Gasteiger partial charge in [0.2, 0.25) is 0 Å². The molecule has 0 spiro atoms. The molecular weight excluding hydrogens is 372 g/mol. The summed E-state index contributed by atoms with van der Waals surface area (Å²) in [6.45, 7) is -0.507. The van der Waals surface area contributed by atoms with Crippen molar-refractivity contribution in [3.8, 4) is 5.75 Å². The first-order valence-electron chi connectivity index (χ1n) is 8.92. The van der Waals surface area contributed by atoms with Crippen molar-refractivity contribution in [1.29, 1.82) is 0 Å². The maximum absolute atomic E-state index is 12.4. The molecular formula is C22H20N2O5. The number of rotatable bonds is 7. The molecule has 2 aromatic carbocycles. The SMILES string of the molecule is COc1ccc([C@@H](NC(=O)COC(=O)c2cccc[n+]2[O-])c2ccccc2)cc1. The minimum atomic E-state index is -0.864. The van der Waals surface area contributed by atoms with Crippen molar-refractivity contribution in [3.05, 3.63) is 101 Å². The van der Waals surface area contributed by atoms with Gasteiger partial charge < -0.3 is 20.0 Å². The molecule has 0 fully saturated rings. The fraction of sp³-hybridized carbons (Fsp3) is 0.136. The minimum Gasteiger partial charge on any atom is -0.618 e. The molecule has 0 unspecified atom stereocenters. The summed E-state index contributed by atoms with van der Waals surface area (Å²) in [6.07, 6.45) is 1.19. The van der Waals surface area contributed by atoms with Gasteiger partial charge in [0.15, 0.2) is 12.8 Å². The van der Waals surface area contributed by atoms with E-state index in [1.54, 1.807) is 25.3 Å². The Morgan fingerprint density at radius 3 is 2.28 bits per heavy atom. The molecule has 148 valence electrons. The van der Waals surface area contributed by atoms with Gasteiger partial charge in [-0.15, -0.1) is 0 Å². The van der Waals surface area contributed by atoms with Gasteiger partial charge in [0.05, 0.1) is 13.2 Å². The molecule has 7 nitrogen and oxygen atoms in total. The fourth-order valence-electron chi connectivity index (χ4n) is 2.79. The molecule has 0 radical (unpaired) electrons. The molecule has 3 aromatic rings. The number of nitrogens with zero attached hydrogens (tertiary/aromatic N) is 1. The van der Waals surface area contributed by atoms with E-state index in [-0.39, 0.29) is 5.69 Å². The van der Waals surface area contributed by atoms with E-state index in [0.717, 1.165) is 11.1 Å². The maximum atomic E-state index is 12.4. The van der Waals surface area contributed by atoms with Crippen molar-refractivity contribution in [2.24, 2.45) is 0 Å². The van der Waals surface area contributed by atoms with Crippen LogP contribution in [0.5, 0.6) is 5.75 Å². The molecule has 0 bridgehead atoms. The van der Waals surface area contributed by atoms with E-state index in [9.17, 15) is 14.8 Å². The average molecular weight is 392 g/mol. The van der Waals surface area contributed by atoms with Crippen molar-refractivity contribution in [2.45, 2.75) is 6.04 Å². The topological polar surface area (TPSA) is 91.6 Å². The predicted octanol–water partition coefficient (Wildman–Crippen LogP) is 2.39. The number of carbonyl (C=O) groups excluding carboxylic acids is 2. The van der Waals surface area contributed by atoms with Crippen molar-refractivity contribution in [2.75, 3.05) is 13.7 Å². The second kappa shape index (κ2) is 9.36. The van der Waals surface area contributed by atoms with E-state index in [1.807, 2.05) is 42.5 Å². The summed E-state index contributed by atoms with van der Waals surface area (Å²) in [5.41, 5.74) is 1.53. The van der Waals surface area contributed by atoms with Crippen LogP contribution in [0.4, 0.5) is 0 Å². The molecule has 1 heterocycles. The van der Waals surface area contributed by atoms with Gasteiger partial charge in [-0.05, 0) is 29.3 Å². The molecule has 1 N–H and O–H groups in total. The summed E-state index contributed by atoms with van der Waals surface area (Å²) >= 11 is 0. The highest BCUT2D eigenvalue weighted by Gasteiger charge is 2.21. The van der Waals surface area contributed by atoms with Crippen LogP contribution in [0.3, 0.4) is 0 Å². The number of amides is 1. The van der Waals surface area contributed by atoms with E-state index >= 15 is 0 Å². The Morgan fingerprint density at radius 1 is 0.966 bits per heavy atom. The van der Waals surface area contributed by atoms with Crippen LogP contribution in [0, 0.1) is 5.21 Å². The van der Waals surface area contributed by atoms with E-state index in [4.69, 9.17) is 9.47 Å². The Balaban J connectivity index is 1.71. The smallest absolute Gasteiger partial charge is 0.405 e. The first kappa shape index (κ1) is 19.9. The normalized spacial score (nSPS) is 11.3. The lowest BCUT2D eigenvalue weighted by Gasteiger charge is -2.20. The zero-order valence-corrected chi connectivity index (χ0v) is 15.8. The minimum absolute atomic E-state index is 0.185. The van der Waals surface area contributed by atoms with Crippen LogP contribution in [0.2, 0.25) is 0 Å². The van der Waals surface area contributed by atoms with Crippen LogP contribution in [0.25, 0.3) is 0 Å². The number of methoxy groups -OCH3 is 1. The lowest BCUT2D eigenvalue weighted by atomic mass is 9.98. The molecule has 0 aliphatic carbocycles. The number of hydrogen-bond acceptors (Lipinski definition) is 5. The molecule has 1 aromatic heterocycles. The van der Waals surface area contributed by atoms with E-state index in [0.29, 0.717) is 10.5 Å².